The Hall–Kier alpha value is -0.0900. The number of carbonyl (C=O) groups excluding carboxylic acids is 1. The van der Waals surface area contributed by atoms with Crippen LogP contribution < -0.4 is 0 Å². The second-order valence-electron chi connectivity index (χ2n) is 4.71. The van der Waals surface area contributed by atoms with E-state index in [0.717, 1.165) is 25.9 Å². The predicted octanol–water partition coefficient (Wildman–Crippen LogP) is 2.33. The zero-order valence-electron chi connectivity index (χ0n) is 9.66. The lowest BCUT2D eigenvalue weighted by molar-refractivity contribution is -0.133. The predicted molar refractivity (Wildman–Crippen MR) is 66.7 cm³/mol. The molecule has 2 rings (SSSR count). The van der Waals surface area contributed by atoms with E-state index < -0.39 is 0 Å². The Morgan fingerprint density at radius 1 is 1.25 bits per heavy atom. The highest BCUT2D eigenvalue weighted by Crippen LogP contribution is 2.21. The number of likely N-dealkylation sites (tertiary alicyclic amines) is 1. The average Bonchev–Trinajstić information content (AvgIpc) is 2.77. The molecule has 0 radical (unpaired) electrons. The fourth-order valence-corrected chi connectivity index (χ4v) is 3.11. The van der Waals surface area contributed by atoms with E-state index >= 15 is 0 Å². The highest BCUT2D eigenvalue weighted by Gasteiger charge is 2.26. The maximum Gasteiger partial charge on any atom is 0.236 e. The Morgan fingerprint density at radius 2 is 2.00 bits per heavy atom. The van der Waals surface area contributed by atoms with Gasteiger partial charge in [0.25, 0.3) is 0 Å². The van der Waals surface area contributed by atoms with Gasteiger partial charge in [-0.15, -0.1) is 0 Å². The van der Waals surface area contributed by atoms with Crippen molar-refractivity contribution in [3.63, 3.8) is 0 Å². The fourth-order valence-electron chi connectivity index (χ4n) is 2.50. The molecule has 0 bridgehead atoms. The van der Waals surface area contributed by atoms with E-state index in [1.807, 2.05) is 4.90 Å². The van der Waals surface area contributed by atoms with Gasteiger partial charge in [-0.05, 0) is 25.7 Å². The van der Waals surface area contributed by atoms with E-state index in [-0.39, 0.29) is 10.7 Å². The first-order valence-corrected chi connectivity index (χ1v) is 7.23. The topological polar surface area (TPSA) is 29.5 Å². The van der Waals surface area contributed by atoms with Gasteiger partial charge in [-0.25, -0.2) is 0 Å². The molecule has 0 aromatic heterocycles. The van der Waals surface area contributed by atoms with Crippen molar-refractivity contribution in [2.45, 2.75) is 49.5 Å². The van der Waals surface area contributed by atoms with Crippen LogP contribution in [0.25, 0.3) is 0 Å². The first kappa shape index (κ1) is 12.4. The van der Waals surface area contributed by atoms with Gasteiger partial charge in [-0.3, -0.25) is 4.79 Å². The van der Waals surface area contributed by atoms with Crippen LogP contribution in [-0.2, 0) is 9.53 Å². The molecule has 1 saturated heterocycles. The SMILES string of the molecule is O=C1C(Br)CCCN1CCOC1CCCC1. The van der Waals surface area contributed by atoms with Gasteiger partial charge in [0, 0.05) is 13.1 Å². The molecule has 2 fully saturated rings. The van der Waals surface area contributed by atoms with Gasteiger partial charge in [-0.2, -0.15) is 0 Å². The quantitative estimate of drug-likeness (QED) is 0.744. The zero-order valence-corrected chi connectivity index (χ0v) is 11.2. The van der Waals surface area contributed by atoms with Crippen LogP contribution in [0.2, 0.25) is 0 Å². The lowest BCUT2D eigenvalue weighted by Crippen LogP contribution is -2.43. The minimum absolute atomic E-state index is 0.0349. The van der Waals surface area contributed by atoms with Crippen LogP contribution in [0.4, 0.5) is 0 Å². The molecule has 1 aliphatic carbocycles. The average molecular weight is 290 g/mol. The van der Waals surface area contributed by atoms with Crippen molar-refractivity contribution in [3.8, 4) is 0 Å². The van der Waals surface area contributed by atoms with E-state index in [2.05, 4.69) is 15.9 Å². The third-order valence-corrected chi connectivity index (χ3v) is 4.33. The van der Waals surface area contributed by atoms with Gasteiger partial charge < -0.3 is 9.64 Å². The zero-order chi connectivity index (χ0) is 11.4. The number of piperidine rings is 1. The smallest absolute Gasteiger partial charge is 0.236 e. The maximum absolute atomic E-state index is 11.8. The lowest BCUT2D eigenvalue weighted by Gasteiger charge is -2.30. The van der Waals surface area contributed by atoms with Crippen molar-refractivity contribution < 1.29 is 9.53 Å². The molecule has 0 N–H and O–H groups in total. The molecule has 1 heterocycles. The minimum Gasteiger partial charge on any atom is -0.376 e. The van der Waals surface area contributed by atoms with Crippen LogP contribution in [0.5, 0.6) is 0 Å². The molecule has 3 nitrogen and oxygen atoms in total. The number of ether oxygens (including phenoxy) is 1. The van der Waals surface area contributed by atoms with E-state index in [9.17, 15) is 4.79 Å². The van der Waals surface area contributed by atoms with Crippen LogP contribution in [-0.4, -0.2) is 41.4 Å². The third-order valence-electron chi connectivity index (χ3n) is 3.48. The second kappa shape index (κ2) is 6.01. The molecule has 2 aliphatic rings. The van der Waals surface area contributed by atoms with E-state index in [1.54, 1.807) is 0 Å². The number of hydrogen-bond acceptors (Lipinski definition) is 2. The Labute approximate surface area is 106 Å². The number of rotatable bonds is 4. The fraction of sp³-hybridized carbons (Fsp3) is 0.917. The molecule has 16 heavy (non-hydrogen) atoms. The van der Waals surface area contributed by atoms with Gasteiger partial charge in [0.15, 0.2) is 0 Å². The molecule has 1 unspecified atom stereocenters. The van der Waals surface area contributed by atoms with Crippen LogP contribution in [0, 0.1) is 0 Å². The van der Waals surface area contributed by atoms with Gasteiger partial charge in [0.1, 0.15) is 0 Å². The van der Waals surface area contributed by atoms with Crippen molar-refractivity contribution in [2.75, 3.05) is 19.7 Å². The summed E-state index contributed by atoms with van der Waals surface area (Å²) in [4.78, 5) is 13.7. The van der Waals surface area contributed by atoms with Crippen LogP contribution in [0.15, 0.2) is 0 Å². The molecule has 0 aromatic rings. The number of nitrogens with zero attached hydrogens (tertiary/aromatic N) is 1. The van der Waals surface area contributed by atoms with E-state index in [4.69, 9.17) is 4.74 Å². The molecule has 92 valence electrons. The van der Waals surface area contributed by atoms with Gasteiger partial charge in [0.2, 0.25) is 5.91 Å². The Morgan fingerprint density at radius 3 is 2.75 bits per heavy atom. The van der Waals surface area contributed by atoms with Crippen molar-refractivity contribution in [1.82, 2.24) is 4.90 Å². The summed E-state index contributed by atoms with van der Waals surface area (Å²) >= 11 is 3.42. The summed E-state index contributed by atoms with van der Waals surface area (Å²) in [6, 6.07) is 0. The molecular formula is C12H20BrNO2. The minimum atomic E-state index is 0.0349. The number of amides is 1. The number of hydrogen-bond donors (Lipinski definition) is 0. The summed E-state index contributed by atoms with van der Waals surface area (Å²) < 4.78 is 5.78. The summed E-state index contributed by atoms with van der Waals surface area (Å²) in [5.74, 6) is 0.237. The number of alkyl halides is 1. The molecule has 0 spiro atoms. The molecule has 0 aromatic carbocycles. The molecule has 4 heteroatoms. The first-order chi connectivity index (χ1) is 7.77. The Balaban J connectivity index is 1.66. The second-order valence-corrected chi connectivity index (χ2v) is 5.82. The Kier molecular flexibility index (Phi) is 4.65. The summed E-state index contributed by atoms with van der Waals surface area (Å²) in [7, 11) is 0. The van der Waals surface area contributed by atoms with Crippen molar-refractivity contribution >= 4 is 21.8 Å². The maximum atomic E-state index is 11.8. The summed E-state index contributed by atoms with van der Waals surface area (Å²) in [5, 5.41) is 0. The highest BCUT2D eigenvalue weighted by atomic mass is 79.9. The van der Waals surface area contributed by atoms with Gasteiger partial charge in [-0.1, -0.05) is 28.8 Å². The standard InChI is InChI=1S/C12H20BrNO2/c13-11-6-3-7-14(12(11)15)8-9-16-10-4-1-2-5-10/h10-11H,1-9H2. The molecule has 1 saturated carbocycles. The van der Waals surface area contributed by atoms with E-state index in [0.29, 0.717) is 12.7 Å². The Bertz CT molecular complexity index is 241. The van der Waals surface area contributed by atoms with Crippen LogP contribution in [0.3, 0.4) is 0 Å². The lowest BCUT2D eigenvalue weighted by atomic mass is 10.1. The van der Waals surface area contributed by atoms with Crippen molar-refractivity contribution in [2.24, 2.45) is 0 Å². The van der Waals surface area contributed by atoms with E-state index in [1.165, 1.54) is 25.7 Å². The van der Waals surface area contributed by atoms with Crippen LogP contribution >= 0.6 is 15.9 Å². The molecule has 1 amide bonds. The third kappa shape index (κ3) is 3.20. The first-order valence-electron chi connectivity index (χ1n) is 6.32. The van der Waals surface area contributed by atoms with Gasteiger partial charge in [0.05, 0.1) is 17.5 Å². The van der Waals surface area contributed by atoms with Crippen molar-refractivity contribution in [1.29, 1.82) is 0 Å². The summed E-state index contributed by atoms with van der Waals surface area (Å²) in [6.07, 6.45) is 7.54. The largest absolute Gasteiger partial charge is 0.376 e. The molecule has 1 aliphatic heterocycles. The van der Waals surface area contributed by atoms with Gasteiger partial charge >= 0.3 is 0 Å². The monoisotopic (exact) mass is 289 g/mol. The summed E-state index contributed by atoms with van der Waals surface area (Å²) in [5.41, 5.74) is 0. The molecule has 1 atom stereocenters. The van der Waals surface area contributed by atoms with Crippen LogP contribution in [0.1, 0.15) is 38.5 Å². The highest BCUT2D eigenvalue weighted by molar-refractivity contribution is 9.10. The summed E-state index contributed by atoms with van der Waals surface area (Å²) in [6.45, 7) is 2.36. The number of halogens is 1. The number of carbonyl (C=O) groups is 1. The normalized spacial score (nSPS) is 27.7. The van der Waals surface area contributed by atoms with Crippen molar-refractivity contribution in [3.05, 3.63) is 0 Å². The molecular weight excluding hydrogens is 270 g/mol.